The summed E-state index contributed by atoms with van der Waals surface area (Å²) in [5, 5.41) is 0. The number of aromatic nitrogens is 1. The number of amides is 1. The molecule has 2 heterocycles. The van der Waals surface area contributed by atoms with Crippen molar-refractivity contribution in [2.75, 3.05) is 26.8 Å². The van der Waals surface area contributed by atoms with Gasteiger partial charge in [0.2, 0.25) is 5.91 Å². The van der Waals surface area contributed by atoms with E-state index in [1.54, 1.807) is 7.11 Å². The van der Waals surface area contributed by atoms with E-state index in [0.717, 1.165) is 62.4 Å². The molecule has 1 saturated heterocycles. The molecule has 0 bridgehead atoms. The third-order valence-electron chi connectivity index (χ3n) is 4.42. The summed E-state index contributed by atoms with van der Waals surface area (Å²) in [5.74, 6) is 1.21. The van der Waals surface area contributed by atoms with Gasteiger partial charge in [-0.05, 0) is 37.8 Å². The zero-order valence-electron chi connectivity index (χ0n) is 13.7. The van der Waals surface area contributed by atoms with Crippen molar-refractivity contribution < 1.29 is 13.9 Å². The van der Waals surface area contributed by atoms with Gasteiger partial charge in [-0.3, -0.25) is 4.79 Å². The van der Waals surface area contributed by atoms with Crippen LogP contribution in [-0.2, 0) is 9.53 Å². The lowest BCUT2D eigenvalue weighted by atomic mass is 9.97. The van der Waals surface area contributed by atoms with Gasteiger partial charge in [-0.25, -0.2) is 4.98 Å². The van der Waals surface area contributed by atoms with Crippen LogP contribution >= 0.6 is 0 Å². The van der Waals surface area contributed by atoms with Crippen molar-refractivity contribution in [3.63, 3.8) is 0 Å². The van der Waals surface area contributed by atoms with Crippen molar-refractivity contribution in [3.05, 3.63) is 30.2 Å². The summed E-state index contributed by atoms with van der Waals surface area (Å²) < 4.78 is 10.9. The van der Waals surface area contributed by atoms with Crippen molar-refractivity contribution in [1.29, 1.82) is 0 Å². The molecule has 0 N–H and O–H groups in total. The van der Waals surface area contributed by atoms with Crippen molar-refractivity contribution in [1.82, 2.24) is 9.88 Å². The summed E-state index contributed by atoms with van der Waals surface area (Å²) in [6, 6.07) is 7.82. The molecule has 5 heteroatoms. The molecule has 5 nitrogen and oxygen atoms in total. The van der Waals surface area contributed by atoms with Crippen LogP contribution in [-0.4, -0.2) is 42.6 Å². The predicted molar refractivity (Wildman–Crippen MR) is 88.3 cm³/mol. The smallest absolute Gasteiger partial charge is 0.222 e. The lowest BCUT2D eigenvalue weighted by Crippen LogP contribution is -2.39. The minimum absolute atomic E-state index is 0.207. The Balaban J connectivity index is 1.60. The predicted octanol–water partition coefficient (Wildman–Crippen LogP) is 3.35. The molecular formula is C18H24N2O3. The van der Waals surface area contributed by atoms with E-state index in [4.69, 9.17) is 9.15 Å². The fraction of sp³-hybridized carbons (Fsp3) is 0.556. The van der Waals surface area contributed by atoms with E-state index in [2.05, 4.69) is 4.98 Å². The van der Waals surface area contributed by atoms with E-state index in [-0.39, 0.29) is 11.8 Å². The second-order valence-corrected chi connectivity index (χ2v) is 6.15. The van der Waals surface area contributed by atoms with Gasteiger partial charge >= 0.3 is 0 Å². The second kappa shape index (κ2) is 7.59. The van der Waals surface area contributed by atoms with Gasteiger partial charge in [0, 0.05) is 33.2 Å². The molecule has 1 atom stereocenters. The number of hydrogen-bond donors (Lipinski definition) is 0. The first kappa shape index (κ1) is 16.0. The summed E-state index contributed by atoms with van der Waals surface area (Å²) in [6.07, 6.45) is 4.46. The molecule has 1 aliphatic heterocycles. The average molecular weight is 316 g/mol. The quantitative estimate of drug-likeness (QED) is 0.767. The van der Waals surface area contributed by atoms with E-state index in [1.165, 1.54) is 0 Å². The van der Waals surface area contributed by atoms with Crippen molar-refractivity contribution in [2.24, 2.45) is 0 Å². The summed E-state index contributed by atoms with van der Waals surface area (Å²) in [7, 11) is 1.69. The van der Waals surface area contributed by atoms with Crippen LogP contribution in [0, 0.1) is 0 Å². The number of oxazole rings is 1. The molecule has 0 spiro atoms. The maximum absolute atomic E-state index is 12.3. The highest BCUT2D eigenvalue weighted by molar-refractivity contribution is 5.76. The molecule has 0 aliphatic carbocycles. The lowest BCUT2D eigenvalue weighted by molar-refractivity contribution is -0.132. The topological polar surface area (TPSA) is 55.6 Å². The van der Waals surface area contributed by atoms with Crippen molar-refractivity contribution >= 4 is 17.0 Å². The Morgan fingerprint density at radius 3 is 3.09 bits per heavy atom. The number of hydrogen-bond acceptors (Lipinski definition) is 4. The Morgan fingerprint density at radius 1 is 1.39 bits per heavy atom. The van der Waals surface area contributed by atoms with E-state index >= 15 is 0 Å². The molecule has 1 aromatic carbocycles. The number of fused-ring (bicyclic) bond motifs is 1. The maximum Gasteiger partial charge on any atom is 0.222 e. The number of carbonyl (C=O) groups is 1. The Morgan fingerprint density at radius 2 is 2.26 bits per heavy atom. The number of para-hydroxylation sites is 2. The zero-order chi connectivity index (χ0) is 16.1. The number of unbranched alkanes of at least 4 members (excludes halogenated alkanes) is 1. The largest absolute Gasteiger partial charge is 0.440 e. The Labute approximate surface area is 136 Å². The number of nitrogens with zero attached hydrogens (tertiary/aromatic N) is 2. The summed E-state index contributed by atoms with van der Waals surface area (Å²) >= 11 is 0. The monoisotopic (exact) mass is 316 g/mol. The normalized spacial score (nSPS) is 18.5. The van der Waals surface area contributed by atoms with E-state index < -0.39 is 0 Å². The number of piperidine rings is 1. The van der Waals surface area contributed by atoms with Crippen LogP contribution in [0.3, 0.4) is 0 Å². The standard InChI is InChI=1S/C18H24N2O3/c1-22-12-5-4-10-17(21)20-11-6-7-14(13-20)18-19-15-8-2-3-9-16(15)23-18/h2-3,8-9,14H,4-7,10-13H2,1H3. The lowest BCUT2D eigenvalue weighted by Gasteiger charge is -2.31. The number of ether oxygens (including phenoxy) is 1. The fourth-order valence-corrected chi connectivity index (χ4v) is 3.15. The highest BCUT2D eigenvalue weighted by atomic mass is 16.5. The Bertz CT molecular complexity index is 620. The molecule has 23 heavy (non-hydrogen) atoms. The third kappa shape index (κ3) is 3.91. The molecule has 0 saturated carbocycles. The van der Waals surface area contributed by atoms with Gasteiger partial charge in [-0.1, -0.05) is 12.1 Å². The van der Waals surface area contributed by atoms with E-state index in [1.807, 2.05) is 29.2 Å². The molecule has 1 amide bonds. The molecule has 1 aromatic heterocycles. The number of benzene rings is 1. The van der Waals surface area contributed by atoms with Crippen LogP contribution in [0.5, 0.6) is 0 Å². The number of likely N-dealkylation sites (tertiary alicyclic amines) is 1. The first-order valence-corrected chi connectivity index (χ1v) is 8.40. The molecule has 1 fully saturated rings. The number of methoxy groups -OCH3 is 1. The minimum atomic E-state index is 0.207. The molecular weight excluding hydrogens is 292 g/mol. The van der Waals surface area contributed by atoms with Crippen LogP contribution in [0.1, 0.15) is 43.9 Å². The molecule has 1 unspecified atom stereocenters. The Hall–Kier alpha value is -1.88. The molecule has 2 aromatic rings. The average Bonchev–Trinajstić information content (AvgIpc) is 3.03. The van der Waals surface area contributed by atoms with Crippen LogP contribution < -0.4 is 0 Å². The summed E-state index contributed by atoms with van der Waals surface area (Å²) in [5.41, 5.74) is 1.72. The zero-order valence-corrected chi connectivity index (χ0v) is 13.7. The van der Waals surface area contributed by atoms with Crippen LogP contribution in [0.25, 0.3) is 11.1 Å². The van der Waals surface area contributed by atoms with Crippen molar-refractivity contribution in [3.8, 4) is 0 Å². The summed E-state index contributed by atoms with van der Waals surface area (Å²) in [6.45, 7) is 2.29. The van der Waals surface area contributed by atoms with Gasteiger partial charge in [-0.2, -0.15) is 0 Å². The highest BCUT2D eigenvalue weighted by Gasteiger charge is 2.27. The molecule has 1 aliphatic rings. The SMILES string of the molecule is COCCCCC(=O)N1CCCC(c2nc3ccccc3o2)C1. The van der Waals surface area contributed by atoms with Crippen LogP contribution in [0.4, 0.5) is 0 Å². The second-order valence-electron chi connectivity index (χ2n) is 6.15. The maximum atomic E-state index is 12.3. The first-order valence-electron chi connectivity index (χ1n) is 8.40. The van der Waals surface area contributed by atoms with Gasteiger partial charge in [0.15, 0.2) is 11.5 Å². The third-order valence-corrected chi connectivity index (χ3v) is 4.42. The highest BCUT2D eigenvalue weighted by Crippen LogP contribution is 2.29. The molecule has 0 radical (unpaired) electrons. The van der Waals surface area contributed by atoms with Gasteiger partial charge < -0.3 is 14.1 Å². The number of rotatable bonds is 6. The van der Waals surface area contributed by atoms with Crippen LogP contribution in [0.15, 0.2) is 28.7 Å². The van der Waals surface area contributed by atoms with E-state index in [0.29, 0.717) is 6.42 Å². The summed E-state index contributed by atoms with van der Waals surface area (Å²) in [4.78, 5) is 18.9. The van der Waals surface area contributed by atoms with Gasteiger partial charge in [0.1, 0.15) is 5.52 Å². The van der Waals surface area contributed by atoms with Gasteiger partial charge in [0.25, 0.3) is 0 Å². The van der Waals surface area contributed by atoms with Crippen LogP contribution in [0.2, 0.25) is 0 Å². The molecule has 124 valence electrons. The number of carbonyl (C=O) groups excluding carboxylic acids is 1. The van der Waals surface area contributed by atoms with Gasteiger partial charge in [0.05, 0.1) is 5.92 Å². The Kier molecular flexibility index (Phi) is 5.28. The van der Waals surface area contributed by atoms with Gasteiger partial charge in [-0.15, -0.1) is 0 Å². The first-order chi connectivity index (χ1) is 11.3. The fourth-order valence-electron chi connectivity index (χ4n) is 3.15. The minimum Gasteiger partial charge on any atom is -0.440 e. The molecule has 3 rings (SSSR count). The van der Waals surface area contributed by atoms with Crippen molar-refractivity contribution in [2.45, 2.75) is 38.0 Å². The van der Waals surface area contributed by atoms with E-state index in [9.17, 15) is 4.79 Å².